The molecule has 29 heavy (non-hydrogen) atoms. The summed E-state index contributed by atoms with van der Waals surface area (Å²) in [6.07, 6.45) is 3.04. The van der Waals surface area contributed by atoms with E-state index in [1.807, 2.05) is 19.1 Å². The van der Waals surface area contributed by atoms with E-state index in [1.165, 1.54) is 11.3 Å². The first kappa shape index (κ1) is 21.2. The third kappa shape index (κ3) is 4.90. The number of aryl methyl sites for hydroxylation is 1. The second kappa shape index (κ2) is 9.78. The lowest BCUT2D eigenvalue weighted by Crippen LogP contribution is -2.21. The standard InChI is InChI=1S/C22H27NO5S/c1-4-26-15-10-6-7-11-16(15)28-13-18(24)23-21-20(22(25)27-5-2)19-14(3)9-8-12-17(19)29-21/h6-7,10-11,14H,4-5,8-9,12-13H2,1-3H3,(H,23,24). The summed E-state index contributed by atoms with van der Waals surface area (Å²) in [5.41, 5.74) is 1.53. The van der Waals surface area contributed by atoms with Crippen LogP contribution in [0.4, 0.5) is 5.00 Å². The second-order valence-electron chi connectivity index (χ2n) is 6.87. The van der Waals surface area contributed by atoms with Crippen molar-refractivity contribution in [3.8, 4) is 11.5 Å². The molecule has 0 fully saturated rings. The molecule has 0 saturated heterocycles. The van der Waals surface area contributed by atoms with Crippen molar-refractivity contribution in [1.82, 2.24) is 0 Å². The maximum absolute atomic E-state index is 12.6. The van der Waals surface area contributed by atoms with Gasteiger partial charge in [0.05, 0.1) is 18.8 Å². The molecule has 2 aromatic rings. The summed E-state index contributed by atoms with van der Waals surface area (Å²) in [5, 5.41) is 3.41. The molecule has 1 heterocycles. The van der Waals surface area contributed by atoms with E-state index in [4.69, 9.17) is 14.2 Å². The summed E-state index contributed by atoms with van der Waals surface area (Å²) >= 11 is 1.47. The molecule has 0 radical (unpaired) electrons. The Hall–Kier alpha value is -2.54. The molecular formula is C22H27NO5S. The molecule has 1 atom stereocenters. The van der Waals surface area contributed by atoms with E-state index < -0.39 is 0 Å². The predicted molar refractivity (Wildman–Crippen MR) is 113 cm³/mol. The Labute approximate surface area is 175 Å². The fourth-order valence-corrected chi connectivity index (χ4v) is 4.92. The number of rotatable bonds is 8. The lowest BCUT2D eigenvalue weighted by molar-refractivity contribution is -0.118. The van der Waals surface area contributed by atoms with Gasteiger partial charge in [0.2, 0.25) is 0 Å². The van der Waals surface area contributed by atoms with Gasteiger partial charge in [-0.15, -0.1) is 11.3 Å². The fourth-order valence-electron chi connectivity index (χ4n) is 3.56. The van der Waals surface area contributed by atoms with E-state index in [1.54, 1.807) is 19.1 Å². The maximum Gasteiger partial charge on any atom is 0.341 e. The summed E-state index contributed by atoms with van der Waals surface area (Å²) in [6, 6.07) is 7.22. The Bertz CT molecular complexity index is 876. The molecule has 1 N–H and O–H groups in total. The van der Waals surface area contributed by atoms with Crippen molar-refractivity contribution in [3.63, 3.8) is 0 Å². The number of thiophene rings is 1. The largest absolute Gasteiger partial charge is 0.490 e. The highest BCUT2D eigenvalue weighted by Crippen LogP contribution is 2.43. The smallest absolute Gasteiger partial charge is 0.341 e. The number of amides is 1. The van der Waals surface area contributed by atoms with Crippen molar-refractivity contribution in [3.05, 3.63) is 40.3 Å². The van der Waals surface area contributed by atoms with Gasteiger partial charge in [-0.2, -0.15) is 0 Å². The van der Waals surface area contributed by atoms with Gasteiger partial charge in [-0.3, -0.25) is 4.79 Å². The molecule has 1 aromatic carbocycles. The lowest BCUT2D eigenvalue weighted by atomic mass is 9.86. The number of nitrogens with one attached hydrogen (secondary N) is 1. The van der Waals surface area contributed by atoms with E-state index in [0.29, 0.717) is 35.3 Å². The zero-order valence-corrected chi connectivity index (χ0v) is 17.9. The molecule has 7 heteroatoms. The van der Waals surface area contributed by atoms with E-state index in [9.17, 15) is 9.59 Å². The number of hydrogen-bond donors (Lipinski definition) is 1. The Morgan fingerprint density at radius 2 is 1.86 bits per heavy atom. The molecule has 6 nitrogen and oxygen atoms in total. The molecule has 1 aliphatic carbocycles. The number of hydrogen-bond acceptors (Lipinski definition) is 6. The van der Waals surface area contributed by atoms with Crippen LogP contribution in [-0.2, 0) is 16.0 Å². The SMILES string of the molecule is CCOC(=O)c1c(NC(=O)COc2ccccc2OCC)sc2c1C(C)CCC2. The fraction of sp³-hybridized carbons (Fsp3) is 0.455. The van der Waals surface area contributed by atoms with E-state index in [0.717, 1.165) is 29.7 Å². The first-order valence-electron chi connectivity index (χ1n) is 10.0. The minimum atomic E-state index is -0.378. The average molecular weight is 418 g/mol. The number of carbonyl (C=O) groups is 2. The van der Waals surface area contributed by atoms with Crippen LogP contribution in [0.1, 0.15) is 60.3 Å². The van der Waals surface area contributed by atoms with Crippen molar-refractivity contribution >= 4 is 28.2 Å². The van der Waals surface area contributed by atoms with Gasteiger partial charge in [-0.1, -0.05) is 19.1 Å². The first-order chi connectivity index (χ1) is 14.0. The van der Waals surface area contributed by atoms with Crippen LogP contribution in [0.3, 0.4) is 0 Å². The van der Waals surface area contributed by atoms with Crippen molar-refractivity contribution in [1.29, 1.82) is 0 Å². The molecule has 0 aliphatic heterocycles. The quantitative estimate of drug-likeness (QED) is 0.626. The summed E-state index contributed by atoms with van der Waals surface area (Å²) in [5.74, 6) is 0.670. The molecule has 1 unspecified atom stereocenters. The minimum Gasteiger partial charge on any atom is -0.490 e. The molecule has 1 aliphatic rings. The lowest BCUT2D eigenvalue weighted by Gasteiger charge is -2.19. The average Bonchev–Trinajstić information content (AvgIpc) is 3.07. The van der Waals surface area contributed by atoms with Gasteiger partial charge in [-0.25, -0.2) is 4.79 Å². The highest BCUT2D eigenvalue weighted by atomic mass is 32.1. The van der Waals surface area contributed by atoms with Crippen LogP contribution < -0.4 is 14.8 Å². The van der Waals surface area contributed by atoms with Gasteiger partial charge in [0.15, 0.2) is 18.1 Å². The number of para-hydroxylation sites is 2. The zero-order chi connectivity index (χ0) is 20.8. The third-order valence-electron chi connectivity index (χ3n) is 4.80. The van der Waals surface area contributed by atoms with Crippen LogP contribution >= 0.6 is 11.3 Å². The minimum absolute atomic E-state index is 0.176. The Kier molecular flexibility index (Phi) is 7.14. The molecule has 0 saturated carbocycles. The number of ether oxygens (including phenoxy) is 3. The van der Waals surface area contributed by atoms with Crippen molar-refractivity contribution in [2.75, 3.05) is 25.1 Å². The number of benzene rings is 1. The summed E-state index contributed by atoms with van der Waals surface area (Å²) in [4.78, 5) is 26.3. The van der Waals surface area contributed by atoms with Gasteiger partial charge < -0.3 is 19.5 Å². The predicted octanol–water partition coefficient (Wildman–Crippen LogP) is 4.78. The Balaban J connectivity index is 1.76. The molecular weight excluding hydrogens is 390 g/mol. The van der Waals surface area contributed by atoms with Crippen LogP contribution in [0.5, 0.6) is 11.5 Å². The molecule has 1 amide bonds. The Morgan fingerprint density at radius 3 is 2.55 bits per heavy atom. The van der Waals surface area contributed by atoms with Crippen LogP contribution in [0.15, 0.2) is 24.3 Å². The van der Waals surface area contributed by atoms with Crippen LogP contribution in [0.25, 0.3) is 0 Å². The Morgan fingerprint density at radius 1 is 1.14 bits per heavy atom. The maximum atomic E-state index is 12.6. The molecule has 0 bridgehead atoms. The van der Waals surface area contributed by atoms with E-state index in [2.05, 4.69) is 12.2 Å². The summed E-state index contributed by atoms with van der Waals surface area (Å²) in [7, 11) is 0. The highest BCUT2D eigenvalue weighted by molar-refractivity contribution is 7.17. The topological polar surface area (TPSA) is 73.9 Å². The highest BCUT2D eigenvalue weighted by Gasteiger charge is 2.30. The second-order valence-corrected chi connectivity index (χ2v) is 7.98. The van der Waals surface area contributed by atoms with Gasteiger partial charge in [0.1, 0.15) is 5.00 Å². The summed E-state index contributed by atoms with van der Waals surface area (Å²) < 4.78 is 16.4. The van der Waals surface area contributed by atoms with Crippen LogP contribution in [0.2, 0.25) is 0 Å². The van der Waals surface area contributed by atoms with Crippen molar-refractivity contribution in [2.24, 2.45) is 0 Å². The summed E-state index contributed by atoms with van der Waals surface area (Å²) in [6.45, 7) is 6.41. The molecule has 0 spiro atoms. The van der Waals surface area contributed by atoms with E-state index >= 15 is 0 Å². The van der Waals surface area contributed by atoms with Gasteiger partial charge in [-0.05, 0) is 56.7 Å². The normalized spacial score (nSPS) is 15.3. The first-order valence-corrected chi connectivity index (χ1v) is 10.8. The van der Waals surface area contributed by atoms with Crippen molar-refractivity contribution in [2.45, 2.75) is 46.0 Å². The zero-order valence-electron chi connectivity index (χ0n) is 17.1. The van der Waals surface area contributed by atoms with Crippen LogP contribution in [-0.4, -0.2) is 31.7 Å². The van der Waals surface area contributed by atoms with Gasteiger partial charge in [0.25, 0.3) is 5.91 Å². The third-order valence-corrected chi connectivity index (χ3v) is 5.98. The monoisotopic (exact) mass is 417 g/mol. The van der Waals surface area contributed by atoms with Gasteiger partial charge >= 0.3 is 5.97 Å². The number of esters is 1. The molecule has 3 rings (SSSR count). The van der Waals surface area contributed by atoms with Crippen molar-refractivity contribution < 1.29 is 23.8 Å². The number of fused-ring (bicyclic) bond motifs is 1. The molecule has 156 valence electrons. The number of carbonyl (C=O) groups excluding carboxylic acids is 2. The molecule has 1 aromatic heterocycles. The number of anilines is 1. The van der Waals surface area contributed by atoms with Gasteiger partial charge in [0, 0.05) is 4.88 Å². The van der Waals surface area contributed by atoms with Crippen LogP contribution in [0, 0.1) is 0 Å². The van der Waals surface area contributed by atoms with E-state index in [-0.39, 0.29) is 24.4 Å².